The molecule has 0 unspecified atom stereocenters. The van der Waals surface area contributed by atoms with Gasteiger partial charge in [0.1, 0.15) is 0 Å². The summed E-state index contributed by atoms with van der Waals surface area (Å²) >= 11 is 7.28. The second kappa shape index (κ2) is 9.01. The Hall–Kier alpha value is -2.11. The number of halogens is 1. The summed E-state index contributed by atoms with van der Waals surface area (Å²) in [6, 6.07) is 11.1. The Morgan fingerprint density at radius 1 is 1.08 bits per heavy atom. The zero-order chi connectivity index (χ0) is 18.4. The molecular formula is C20H21ClN2O2S. The van der Waals surface area contributed by atoms with Crippen LogP contribution < -0.4 is 5.32 Å². The van der Waals surface area contributed by atoms with E-state index in [0.29, 0.717) is 16.4 Å². The molecule has 2 heterocycles. The van der Waals surface area contributed by atoms with Crippen LogP contribution in [0, 0.1) is 0 Å². The minimum atomic E-state index is -0.164. The molecular weight excluding hydrogens is 368 g/mol. The van der Waals surface area contributed by atoms with Crippen molar-refractivity contribution in [2.75, 3.05) is 13.1 Å². The van der Waals surface area contributed by atoms with Crippen LogP contribution in [-0.4, -0.2) is 29.8 Å². The number of piperidine rings is 1. The number of hydrogen-bond donors (Lipinski definition) is 1. The van der Waals surface area contributed by atoms with Crippen molar-refractivity contribution < 1.29 is 9.59 Å². The molecule has 6 heteroatoms. The largest absolute Gasteiger partial charge is 0.348 e. The summed E-state index contributed by atoms with van der Waals surface area (Å²) in [5.74, 6) is -0.0687. The first-order valence-corrected chi connectivity index (χ1v) is 9.91. The number of hydrogen-bond acceptors (Lipinski definition) is 3. The van der Waals surface area contributed by atoms with Gasteiger partial charge >= 0.3 is 0 Å². The Morgan fingerprint density at radius 3 is 2.46 bits per heavy atom. The average Bonchev–Trinajstić information content (AvgIpc) is 3.10. The van der Waals surface area contributed by atoms with E-state index in [-0.39, 0.29) is 11.8 Å². The monoisotopic (exact) mass is 388 g/mol. The Bertz CT molecular complexity index is 792. The van der Waals surface area contributed by atoms with Crippen LogP contribution in [0.4, 0.5) is 0 Å². The van der Waals surface area contributed by atoms with E-state index >= 15 is 0 Å². The minimum absolute atomic E-state index is 0.0952. The molecule has 1 aromatic heterocycles. The van der Waals surface area contributed by atoms with Gasteiger partial charge in [-0.15, -0.1) is 11.3 Å². The first-order chi connectivity index (χ1) is 12.6. The van der Waals surface area contributed by atoms with Crippen molar-refractivity contribution in [3.8, 4) is 0 Å². The molecule has 4 nitrogen and oxygen atoms in total. The molecule has 0 atom stereocenters. The number of nitrogens with one attached hydrogen (secondary N) is 1. The topological polar surface area (TPSA) is 49.4 Å². The molecule has 1 saturated heterocycles. The fourth-order valence-electron chi connectivity index (χ4n) is 2.87. The Morgan fingerprint density at radius 2 is 1.81 bits per heavy atom. The molecule has 2 aromatic rings. The fourth-order valence-corrected chi connectivity index (χ4v) is 3.83. The Balaban J connectivity index is 1.50. The van der Waals surface area contributed by atoms with Gasteiger partial charge in [0, 0.05) is 36.2 Å². The van der Waals surface area contributed by atoms with Crippen LogP contribution >= 0.6 is 22.9 Å². The minimum Gasteiger partial charge on any atom is -0.348 e. The Kier molecular flexibility index (Phi) is 6.47. The lowest BCUT2D eigenvalue weighted by Gasteiger charge is -2.26. The predicted molar refractivity (Wildman–Crippen MR) is 106 cm³/mol. The highest BCUT2D eigenvalue weighted by atomic mass is 35.5. The molecule has 0 radical (unpaired) electrons. The summed E-state index contributed by atoms with van der Waals surface area (Å²) in [6.45, 7) is 2.11. The van der Waals surface area contributed by atoms with E-state index in [1.807, 2.05) is 35.2 Å². The van der Waals surface area contributed by atoms with Crippen LogP contribution in [0.15, 0.2) is 42.5 Å². The van der Waals surface area contributed by atoms with E-state index < -0.39 is 0 Å². The molecule has 26 heavy (non-hydrogen) atoms. The van der Waals surface area contributed by atoms with Gasteiger partial charge in [-0.2, -0.15) is 0 Å². The van der Waals surface area contributed by atoms with Crippen LogP contribution in [0.3, 0.4) is 0 Å². The fraction of sp³-hybridized carbons (Fsp3) is 0.300. The lowest BCUT2D eigenvalue weighted by Crippen LogP contribution is -2.35. The first kappa shape index (κ1) is 18.7. The summed E-state index contributed by atoms with van der Waals surface area (Å²) < 4.78 is 0.698. The molecule has 1 N–H and O–H groups in total. The van der Waals surface area contributed by atoms with Crippen molar-refractivity contribution >= 4 is 40.8 Å². The second-order valence-corrected chi connectivity index (χ2v) is 7.99. The predicted octanol–water partition coefficient (Wildman–Crippen LogP) is 4.36. The molecule has 2 amide bonds. The van der Waals surface area contributed by atoms with Crippen molar-refractivity contribution in [3.63, 3.8) is 0 Å². The molecule has 1 aliphatic rings. The SMILES string of the molecule is O=C(/C=C/c1ccc(Cl)s1)NCc1ccc(C(=O)N2CCCCC2)cc1. The highest BCUT2D eigenvalue weighted by Crippen LogP contribution is 2.22. The zero-order valence-corrected chi connectivity index (χ0v) is 16.0. The van der Waals surface area contributed by atoms with Gasteiger partial charge in [0.2, 0.25) is 5.91 Å². The lowest BCUT2D eigenvalue weighted by molar-refractivity contribution is -0.116. The molecule has 136 valence electrons. The highest BCUT2D eigenvalue weighted by Gasteiger charge is 2.17. The van der Waals surface area contributed by atoms with Crippen molar-refractivity contribution in [3.05, 3.63) is 62.8 Å². The van der Waals surface area contributed by atoms with Gasteiger partial charge in [0.05, 0.1) is 4.34 Å². The molecule has 3 rings (SSSR count). The van der Waals surface area contributed by atoms with Crippen LogP contribution in [0.5, 0.6) is 0 Å². The maximum absolute atomic E-state index is 12.4. The number of rotatable bonds is 5. The normalized spacial score (nSPS) is 14.6. The summed E-state index contributed by atoms with van der Waals surface area (Å²) in [5.41, 5.74) is 1.66. The van der Waals surface area contributed by atoms with E-state index in [4.69, 9.17) is 11.6 Å². The summed E-state index contributed by atoms with van der Waals surface area (Å²) in [5, 5.41) is 2.84. The number of nitrogens with zero attached hydrogens (tertiary/aromatic N) is 1. The second-order valence-electron chi connectivity index (χ2n) is 6.24. The van der Waals surface area contributed by atoms with Gasteiger partial charge in [-0.05, 0) is 55.2 Å². The van der Waals surface area contributed by atoms with Crippen molar-refractivity contribution in [1.82, 2.24) is 10.2 Å². The van der Waals surface area contributed by atoms with E-state index in [1.54, 1.807) is 12.1 Å². The Labute approximate surface area is 162 Å². The smallest absolute Gasteiger partial charge is 0.253 e. The molecule has 1 fully saturated rings. The number of benzene rings is 1. The number of thiophene rings is 1. The molecule has 0 bridgehead atoms. The average molecular weight is 389 g/mol. The van der Waals surface area contributed by atoms with E-state index in [2.05, 4.69) is 5.32 Å². The van der Waals surface area contributed by atoms with Crippen LogP contribution in [0.1, 0.15) is 40.1 Å². The summed E-state index contributed by atoms with van der Waals surface area (Å²) in [4.78, 5) is 27.2. The molecule has 0 aliphatic carbocycles. The molecule has 0 saturated carbocycles. The molecule has 1 aliphatic heterocycles. The molecule has 0 spiro atoms. The number of carbonyl (C=O) groups excluding carboxylic acids is 2. The standard InChI is InChI=1S/C20H21ClN2O2S/c21-18-10-8-17(26-18)9-11-19(24)22-14-15-4-6-16(7-5-15)20(25)23-12-2-1-3-13-23/h4-11H,1-3,12-14H2,(H,22,24)/b11-9+. The maximum Gasteiger partial charge on any atom is 0.253 e. The van der Waals surface area contributed by atoms with Gasteiger partial charge < -0.3 is 10.2 Å². The third-order valence-corrected chi connectivity index (χ3v) is 5.50. The van der Waals surface area contributed by atoms with Gasteiger partial charge in [-0.3, -0.25) is 9.59 Å². The van der Waals surface area contributed by atoms with E-state index in [0.717, 1.165) is 36.4 Å². The first-order valence-electron chi connectivity index (χ1n) is 8.71. The van der Waals surface area contributed by atoms with Gasteiger partial charge in [0.25, 0.3) is 5.91 Å². The number of carbonyl (C=O) groups is 2. The van der Waals surface area contributed by atoms with E-state index in [9.17, 15) is 9.59 Å². The van der Waals surface area contributed by atoms with Crippen LogP contribution in [-0.2, 0) is 11.3 Å². The number of likely N-dealkylation sites (tertiary alicyclic amines) is 1. The summed E-state index contributed by atoms with van der Waals surface area (Å²) in [6.07, 6.45) is 6.61. The van der Waals surface area contributed by atoms with Gasteiger partial charge in [-0.25, -0.2) is 0 Å². The maximum atomic E-state index is 12.4. The highest BCUT2D eigenvalue weighted by molar-refractivity contribution is 7.17. The van der Waals surface area contributed by atoms with Crippen molar-refractivity contribution in [1.29, 1.82) is 0 Å². The third-order valence-electron chi connectivity index (χ3n) is 4.30. The molecule has 1 aromatic carbocycles. The zero-order valence-electron chi connectivity index (χ0n) is 14.4. The van der Waals surface area contributed by atoms with Crippen LogP contribution in [0.25, 0.3) is 6.08 Å². The number of amides is 2. The van der Waals surface area contributed by atoms with Gasteiger partial charge in [-0.1, -0.05) is 23.7 Å². The van der Waals surface area contributed by atoms with E-state index in [1.165, 1.54) is 23.8 Å². The quantitative estimate of drug-likeness (QED) is 0.774. The summed E-state index contributed by atoms with van der Waals surface area (Å²) in [7, 11) is 0. The van der Waals surface area contributed by atoms with Crippen molar-refractivity contribution in [2.45, 2.75) is 25.8 Å². The lowest BCUT2D eigenvalue weighted by atomic mass is 10.1. The van der Waals surface area contributed by atoms with Crippen LogP contribution in [0.2, 0.25) is 4.34 Å². The van der Waals surface area contributed by atoms with Crippen molar-refractivity contribution in [2.24, 2.45) is 0 Å². The van der Waals surface area contributed by atoms with Gasteiger partial charge in [0.15, 0.2) is 0 Å². The third kappa shape index (κ3) is 5.19.